The SMILES string of the molecule is CCCCCC(=O)Oc1ccc(N=Nc2ccc(C(=O)CCCC)cc2)cc1. The molecule has 28 heavy (non-hydrogen) atoms. The summed E-state index contributed by atoms with van der Waals surface area (Å²) in [4.78, 5) is 23.7. The maximum atomic E-state index is 12.0. The molecule has 0 amide bonds. The number of nitrogens with zero attached hydrogens (tertiary/aromatic N) is 2. The molecule has 2 rings (SSSR count). The Hall–Kier alpha value is -2.82. The van der Waals surface area contributed by atoms with Gasteiger partial charge in [0.15, 0.2) is 5.78 Å². The summed E-state index contributed by atoms with van der Waals surface area (Å²) in [6.07, 6.45) is 5.89. The molecule has 0 aromatic heterocycles. The summed E-state index contributed by atoms with van der Waals surface area (Å²) in [5, 5.41) is 8.37. The molecule has 2 aromatic rings. The Balaban J connectivity index is 1.88. The van der Waals surface area contributed by atoms with Crippen molar-refractivity contribution in [3.05, 3.63) is 54.1 Å². The number of azo groups is 1. The molecule has 0 heterocycles. The summed E-state index contributed by atoms with van der Waals surface area (Å²) < 4.78 is 5.30. The minimum absolute atomic E-state index is 0.158. The quantitative estimate of drug-likeness (QED) is 0.139. The van der Waals surface area contributed by atoms with Crippen LogP contribution in [-0.2, 0) is 4.79 Å². The highest BCUT2D eigenvalue weighted by atomic mass is 16.5. The smallest absolute Gasteiger partial charge is 0.311 e. The van der Waals surface area contributed by atoms with Crippen LogP contribution in [0.15, 0.2) is 58.8 Å². The fraction of sp³-hybridized carbons (Fsp3) is 0.391. The number of ether oxygens (including phenoxy) is 1. The van der Waals surface area contributed by atoms with Crippen molar-refractivity contribution in [1.29, 1.82) is 0 Å². The highest BCUT2D eigenvalue weighted by molar-refractivity contribution is 5.96. The van der Waals surface area contributed by atoms with Crippen LogP contribution in [0.25, 0.3) is 0 Å². The summed E-state index contributed by atoms with van der Waals surface area (Å²) >= 11 is 0. The van der Waals surface area contributed by atoms with Gasteiger partial charge in [-0.15, -0.1) is 0 Å². The van der Waals surface area contributed by atoms with Crippen molar-refractivity contribution in [2.75, 3.05) is 0 Å². The van der Waals surface area contributed by atoms with E-state index in [0.29, 0.717) is 35.5 Å². The Morgan fingerprint density at radius 1 is 0.750 bits per heavy atom. The lowest BCUT2D eigenvalue weighted by molar-refractivity contribution is -0.134. The van der Waals surface area contributed by atoms with Crippen LogP contribution >= 0.6 is 0 Å². The lowest BCUT2D eigenvalue weighted by Crippen LogP contribution is -2.07. The number of hydrogen-bond donors (Lipinski definition) is 0. The molecule has 0 aliphatic rings. The summed E-state index contributed by atoms with van der Waals surface area (Å²) in [5.41, 5.74) is 2.05. The lowest BCUT2D eigenvalue weighted by atomic mass is 10.1. The summed E-state index contributed by atoms with van der Waals surface area (Å²) in [6, 6.07) is 14.1. The first-order chi connectivity index (χ1) is 13.6. The number of ketones is 1. The number of unbranched alkanes of at least 4 members (excludes halogenated alkanes) is 3. The number of benzene rings is 2. The standard InChI is InChI=1S/C23H28N2O3/c1-3-5-7-9-23(27)28-21-16-14-20(15-17-21)25-24-19-12-10-18(11-13-19)22(26)8-6-4-2/h10-17H,3-9H2,1-2H3. The number of esters is 1. The van der Waals surface area contributed by atoms with Crippen LogP contribution in [0.2, 0.25) is 0 Å². The molecule has 0 fully saturated rings. The molecule has 148 valence electrons. The number of Topliss-reactive ketones (excluding diaryl/α,β-unsaturated/α-hetero) is 1. The molecular formula is C23H28N2O3. The van der Waals surface area contributed by atoms with E-state index in [-0.39, 0.29) is 11.8 Å². The van der Waals surface area contributed by atoms with Crippen LogP contribution in [0.1, 0.15) is 69.2 Å². The first-order valence-corrected chi connectivity index (χ1v) is 9.98. The van der Waals surface area contributed by atoms with Gasteiger partial charge in [-0.05, 0) is 61.4 Å². The Labute approximate surface area is 166 Å². The molecule has 0 saturated carbocycles. The monoisotopic (exact) mass is 380 g/mol. The van der Waals surface area contributed by atoms with E-state index >= 15 is 0 Å². The van der Waals surface area contributed by atoms with Crippen molar-refractivity contribution in [1.82, 2.24) is 0 Å². The minimum atomic E-state index is -0.212. The maximum Gasteiger partial charge on any atom is 0.311 e. The number of carbonyl (C=O) groups excluding carboxylic acids is 2. The fourth-order valence-electron chi connectivity index (χ4n) is 2.59. The molecular weight excluding hydrogens is 352 g/mol. The second-order valence-corrected chi connectivity index (χ2v) is 6.70. The molecule has 0 spiro atoms. The van der Waals surface area contributed by atoms with Crippen LogP contribution in [0.5, 0.6) is 5.75 Å². The van der Waals surface area contributed by atoms with E-state index in [1.807, 2.05) is 0 Å². The van der Waals surface area contributed by atoms with E-state index in [4.69, 9.17) is 4.74 Å². The Morgan fingerprint density at radius 2 is 1.32 bits per heavy atom. The lowest BCUT2D eigenvalue weighted by Gasteiger charge is -2.04. The average molecular weight is 380 g/mol. The normalized spacial score (nSPS) is 10.9. The summed E-state index contributed by atoms with van der Waals surface area (Å²) in [6.45, 7) is 4.17. The van der Waals surface area contributed by atoms with Crippen molar-refractivity contribution < 1.29 is 14.3 Å². The molecule has 0 bridgehead atoms. The highest BCUT2D eigenvalue weighted by Gasteiger charge is 2.05. The van der Waals surface area contributed by atoms with Gasteiger partial charge in [0.2, 0.25) is 0 Å². The van der Waals surface area contributed by atoms with Crippen molar-refractivity contribution >= 4 is 23.1 Å². The van der Waals surface area contributed by atoms with Crippen molar-refractivity contribution in [2.45, 2.75) is 58.8 Å². The van der Waals surface area contributed by atoms with Gasteiger partial charge in [-0.25, -0.2) is 0 Å². The maximum absolute atomic E-state index is 12.0. The van der Waals surface area contributed by atoms with Crippen LogP contribution in [-0.4, -0.2) is 11.8 Å². The van der Waals surface area contributed by atoms with Crippen molar-refractivity contribution in [3.63, 3.8) is 0 Å². The van der Waals surface area contributed by atoms with Gasteiger partial charge < -0.3 is 4.74 Å². The molecule has 2 aromatic carbocycles. The van der Waals surface area contributed by atoms with Crippen molar-refractivity contribution in [3.8, 4) is 5.75 Å². The predicted octanol–water partition coefficient (Wildman–Crippen LogP) is 6.96. The van der Waals surface area contributed by atoms with Gasteiger partial charge in [-0.2, -0.15) is 10.2 Å². The molecule has 0 unspecified atom stereocenters. The van der Waals surface area contributed by atoms with Crippen LogP contribution in [0, 0.1) is 0 Å². The van der Waals surface area contributed by atoms with E-state index in [0.717, 1.165) is 32.1 Å². The molecule has 5 heteroatoms. The first kappa shape index (κ1) is 21.5. The van der Waals surface area contributed by atoms with E-state index in [1.165, 1.54) is 0 Å². The van der Waals surface area contributed by atoms with Gasteiger partial charge in [0, 0.05) is 18.4 Å². The third-order valence-electron chi connectivity index (χ3n) is 4.28. The number of hydrogen-bond acceptors (Lipinski definition) is 5. The zero-order chi connectivity index (χ0) is 20.2. The van der Waals surface area contributed by atoms with E-state index < -0.39 is 0 Å². The second kappa shape index (κ2) is 11.8. The van der Waals surface area contributed by atoms with Gasteiger partial charge in [-0.1, -0.05) is 33.1 Å². The van der Waals surface area contributed by atoms with Crippen LogP contribution in [0.3, 0.4) is 0 Å². The molecule has 0 radical (unpaired) electrons. The average Bonchev–Trinajstić information content (AvgIpc) is 2.72. The van der Waals surface area contributed by atoms with Gasteiger partial charge in [0.25, 0.3) is 0 Å². The summed E-state index contributed by atoms with van der Waals surface area (Å²) in [7, 11) is 0. The summed E-state index contributed by atoms with van der Waals surface area (Å²) in [5.74, 6) is 0.456. The van der Waals surface area contributed by atoms with Gasteiger partial charge >= 0.3 is 5.97 Å². The molecule has 0 aliphatic carbocycles. The largest absolute Gasteiger partial charge is 0.427 e. The van der Waals surface area contributed by atoms with E-state index in [1.54, 1.807) is 48.5 Å². The molecule has 0 aliphatic heterocycles. The zero-order valence-electron chi connectivity index (χ0n) is 16.7. The zero-order valence-corrected chi connectivity index (χ0v) is 16.7. The van der Waals surface area contributed by atoms with Gasteiger partial charge in [-0.3, -0.25) is 9.59 Å². The van der Waals surface area contributed by atoms with Crippen LogP contribution in [0.4, 0.5) is 11.4 Å². The van der Waals surface area contributed by atoms with Crippen LogP contribution < -0.4 is 4.74 Å². The number of carbonyl (C=O) groups is 2. The topological polar surface area (TPSA) is 68.1 Å². The third kappa shape index (κ3) is 7.43. The Morgan fingerprint density at radius 3 is 1.89 bits per heavy atom. The fourth-order valence-corrected chi connectivity index (χ4v) is 2.59. The second-order valence-electron chi connectivity index (χ2n) is 6.70. The first-order valence-electron chi connectivity index (χ1n) is 9.98. The number of rotatable bonds is 11. The van der Waals surface area contributed by atoms with E-state index in [9.17, 15) is 9.59 Å². The Bertz CT molecular complexity index is 780. The molecule has 0 N–H and O–H groups in total. The van der Waals surface area contributed by atoms with E-state index in [2.05, 4.69) is 24.1 Å². The minimum Gasteiger partial charge on any atom is -0.427 e. The third-order valence-corrected chi connectivity index (χ3v) is 4.28. The van der Waals surface area contributed by atoms with Crippen molar-refractivity contribution in [2.24, 2.45) is 10.2 Å². The Kier molecular flexibility index (Phi) is 9.05. The molecule has 5 nitrogen and oxygen atoms in total. The van der Waals surface area contributed by atoms with Gasteiger partial charge in [0.05, 0.1) is 11.4 Å². The predicted molar refractivity (Wildman–Crippen MR) is 111 cm³/mol. The molecule has 0 atom stereocenters. The molecule has 0 saturated heterocycles. The highest BCUT2D eigenvalue weighted by Crippen LogP contribution is 2.22. The van der Waals surface area contributed by atoms with Gasteiger partial charge in [0.1, 0.15) is 5.75 Å².